The third-order valence-electron chi connectivity index (χ3n) is 6.56. The standard InChI is InChI=1S/C18H26N2O4.C11H19NO4.C5H9ClO2/c1-18(2,3)24-17(22)20-11-7-10-15(12-20)19-16(21)23-13-14-8-5-4-6-9-14;1-11(2,3)16-10(15)12-6-4-5-8(7-12)9(13)14;1-4(2)3-8-5(6)7/h4-6,8-9,15H,7,10-13H2,1-3H3,(H,19,21);8H,4-7H2,1-3H3,(H,13,14);4H,3H2,1-2H3/t15-;8-;/m11./s1. The van der Waals surface area contributed by atoms with E-state index in [1.807, 2.05) is 65.0 Å². The van der Waals surface area contributed by atoms with Crippen molar-refractivity contribution in [2.45, 2.75) is 105 Å². The van der Waals surface area contributed by atoms with Crippen LogP contribution >= 0.6 is 11.6 Å². The summed E-state index contributed by atoms with van der Waals surface area (Å²) < 4.78 is 20.2. The average Bonchev–Trinajstić information content (AvgIpc) is 2.99. The van der Waals surface area contributed by atoms with Crippen LogP contribution < -0.4 is 5.32 Å². The number of alkyl carbamates (subject to hydrolysis) is 1. The van der Waals surface area contributed by atoms with E-state index in [0.717, 1.165) is 24.8 Å². The van der Waals surface area contributed by atoms with Gasteiger partial charge in [-0.05, 0) is 78.7 Å². The molecule has 272 valence electrons. The number of benzene rings is 1. The summed E-state index contributed by atoms with van der Waals surface area (Å²) in [6.07, 6.45) is 1.77. The van der Waals surface area contributed by atoms with Crippen LogP contribution in [0.4, 0.5) is 19.2 Å². The van der Waals surface area contributed by atoms with Crippen LogP contribution in [0.15, 0.2) is 30.3 Å². The van der Waals surface area contributed by atoms with E-state index in [2.05, 4.69) is 10.1 Å². The summed E-state index contributed by atoms with van der Waals surface area (Å²) in [6, 6.07) is 9.40. The molecule has 1 aromatic rings. The number of rotatable bonds is 6. The highest BCUT2D eigenvalue weighted by molar-refractivity contribution is 6.61. The Labute approximate surface area is 289 Å². The fourth-order valence-corrected chi connectivity index (χ4v) is 4.48. The molecule has 2 aliphatic heterocycles. The molecule has 13 nitrogen and oxygen atoms in total. The van der Waals surface area contributed by atoms with Gasteiger partial charge < -0.3 is 39.2 Å². The van der Waals surface area contributed by atoms with Gasteiger partial charge in [-0.2, -0.15) is 0 Å². The fourth-order valence-electron chi connectivity index (χ4n) is 4.42. The van der Waals surface area contributed by atoms with Gasteiger partial charge in [0.05, 0.1) is 12.5 Å². The Hall–Kier alpha value is -3.74. The first-order valence-corrected chi connectivity index (χ1v) is 16.6. The maximum Gasteiger partial charge on any atom is 0.410 e. The highest BCUT2D eigenvalue weighted by Gasteiger charge is 2.31. The van der Waals surface area contributed by atoms with Gasteiger partial charge in [-0.15, -0.1) is 0 Å². The molecule has 0 spiro atoms. The maximum absolute atomic E-state index is 12.1. The number of carbonyl (C=O) groups is 5. The molecular weight excluding hydrogens is 646 g/mol. The van der Waals surface area contributed by atoms with Crippen LogP contribution in [0.5, 0.6) is 0 Å². The van der Waals surface area contributed by atoms with E-state index in [9.17, 15) is 24.0 Å². The number of likely N-dealkylation sites (tertiary alicyclic amines) is 2. The number of halogens is 1. The molecule has 0 bridgehead atoms. The number of nitrogens with zero attached hydrogens (tertiary/aromatic N) is 2. The van der Waals surface area contributed by atoms with Crippen molar-refractivity contribution in [2.24, 2.45) is 11.8 Å². The van der Waals surface area contributed by atoms with Gasteiger partial charge in [0.25, 0.3) is 0 Å². The third kappa shape index (κ3) is 19.8. The zero-order valence-electron chi connectivity index (χ0n) is 29.6. The minimum Gasteiger partial charge on any atom is -0.481 e. The number of ether oxygens (including phenoxy) is 4. The van der Waals surface area contributed by atoms with Crippen LogP contribution in [-0.4, -0.2) is 94.6 Å². The summed E-state index contributed by atoms with van der Waals surface area (Å²) in [4.78, 5) is 59.6. The van der Waals surface area contributed by atoms with Crippen molar-refractivity contribution in [2.75, 3.05) is 32.8 Å². The number of nitrogens with one attached hydrogen (secondary N) is 1. The molecule has 3 amide bonds. The monoisotopic (exact) mass is 699 g/mol. The molecule has 2 N–H and O–H groups in total. The molecule has 14 heteroatoms. The van der Waals surface area contributed by atoms with Crippen molar-refractivity contribution in [3.05, 3.63) is 35.9 Å². The molecule has 0 aliphatic carbocycles. The molecule has 2 fully saturated rings. The Morgan fingerprint density at radius 1 is 0.854 bits per heavy atom. The van der Waals surface area contributed by atoms with Crippen molar-refractivity contribution in [3.63, 3.8) is 0 Å². The second-order valence-corrected chi connectivity index (χ2v) is 14.3. The van der Waals surface area contributed by atoms with Crippen LogP contribution in [0.3, 0.4) is 0 Å². The van der Waals surface area contributed by atoms with E-state index in [1.165, 1.54) is 4.90 Å². The summed E-state index contributed by atoms with van der Waals surface area (Å²) in [5.41, 5.74) is -0.843. The quantitative estimate of drug-likeness (QED) is 0.233. The van der Waals surface area contributed by atoms with Crippen LogP contribution in [-0.2, 0) is 30.3 Å². The lowest BCUT2D eigenvalue weighted by Crippen LogP contribution is -2.50. The SMILES string of the molecule is CC(C)(C)OC(=O)N1CCC[C@@H](C(=O)O)C1.CC(C)(C)OC(=O)N1CCC[C@@H](NC(=O)OCc2ccccc2)C1.CC(C)COC(=O)Cl. The number of carboxylic acids is 1. The van der Waals surface area contributed by atoms with Crippen LogP contribution in [0, 0.1) is 11.8 Å². The number of carboxylic acid groups (broad SMARTS) is 1. The number of aliphatic carboxylic acids is 1. The van der Waals surface area contributed by atoms with Gasteiger partial charge in [0.2, 0.25) is 0 Å². The second kappa shape index (κ2) is 20.6. The molecule has 48 heavy (non-hydrogen) atoms. The largest absolute Gasteiger partial charge is 0.481 e. The lowest BCUT2D eigenvalue weighted by Gasteiger charge is -2.34. The van der Waals surface area contributed by atoms with E-state index in [0.29, 0.717) is 38.6 Å². The molecular formula is C34H54ClN3O10. The predicted molar refractivity (Wildman–Crippen MR) is 181 cm³/mol. The van der Waals surface area contributed by atoms with E-state index in [4.69, 9.17) is 30.9 Å². The molecule has 2 atom stereocenters. The summed E-state index contributed by atoms with van der Waals surface area (Å²) in [6.45, 7) is 17.3. The Morgan fingerprint density at radius 2 is 1.38 bits per heavy atom. The zero-order valence-corrected chi connectivity index (χ0v) is 30.3. The van der Waals surface area contributed by atoms with Crippen molar-refractivity contribution < 1.29 is 48.0 Å². The molecule has 2 saturated heterocycles. The number of hydrogen-bond acceptors (Lipinski definition) is 9. The maximum atomic E-state index is 12.1. The van der Waals surface area contributed by atoms with Crippen LogP contribution in [0.1, 0.15) is 86.6 Å². The Kier molecular flexibility index (Phi) is 18.1. The van der Waals surface area contributed by atoms with Gasteiger partial charge in [0, 0.05) is 43.8 Å². The van der Waals surface area contributed by atoms with Gasteiger partial charge in [0.1, 0.15) is 17.8 Å². The summed E-state index contributed by atoms with van der Waals surface area (Å²) in [5.74, 6) is -0.938. The van der Waals surface area contributed by atoms with Gasteiger partial charge in [-0.25, -0.2) is 19.2 Å². The summed E-state index contributed by atoms with van der Waals surface area (Å²) in [5, 5.41) is 11.7. The van der Waals surface area contributed by atoms with Crippen LogP contribution in [0.2, 0.25) is 0 Å². The molecule has 0 aromatic heterocycles. The van der Waals surface area contributed by atoms with E-state index >= 15 is 0 Å². The fraction of sp³-hybridized carbons (Fsp3) is 0.676. The third-order valence-corrected chi connectivity index (χ3v) is 6.67. The lowest BCUT2D eigenvalue weighted by molar-refractivity contribution is -0.143. The van der Waals surface area contributed by atoms with Crippen molar-refractivity contribution in [1.29, 1.82) is 0 Å². The number of carbonyl (C=O) groups excluding carboxylic acids is 4. The van der Waals surface area contributed by atoms with E-state index in [-0.39, 0.29) is 25.3 Å². The minimum atomic E-state index is -0.840. The molecule has 2 aliphatic rings. The minimum absolute atomic E-state index is 0.116. The lowest BCUT2D eigenvalue weighted by atomic mass is 9.99. The number of hydrogen-bond donors (Lipinski definition) is 2. The van der Waals surface area contributed by atoms with Crippen molar-refractivity contribution >= 4 is 41.3 Å². The summed E-state index contributed by atoms with van der Waals surface area (Å²) in [7, 11) is 0. The highest BCUT2D eigenvalue weighted by atomic mass is 35.5. The van der Waals surface area contributed by atoms with Gasteiger partial charge in [-0.3, -0.25) is 4.79 Å². The smallest absolute Gasteiger partial charge is 0.410 e. The molecule has 0 saturated carbocycles. The first-order chi connectivity index (χ1) is 22.3. The van der Waals surface area contributed by atoms with E-state index < -0.39 is 40.7 Å². The van der Waals surface area contributed by atoms with Crippen LogP contribution in [0.25, 0.3) is 0 Å². The van der Waals surface area contributed by atoms with Crippen molar-refractivity contribution in [3.8, 4) is 0 Å². The topological polar surface area (TPSA) is 161 Å². The average molecular weight is 700 g/mol. The predicted octanol–water partition coefficient (Wildman–Crippen LogP) is 7.05. The Morgan fingerprint density at radius 3 is 1.83 bits per heavy atom. The normalized spacial score (nSPS) is 17.8. The molecule has 1 aromatic carbocycles. The highest BCUT2D eigenvalue weighted by Crippen LogP contribution is 2.19. The first-order valence-electron chi connectivity index (χ1n) is 16.2. The van der Waals surface area contributed by atoms with Gasteiger partial charge in [0.15, 0.2) is 0 Å². The van der Waals surface area contributed by atoms with Crippen molar-refractivity contribution in [1.82, 2.24) is 15.1 Å². The Bertz CT molecular complexity index is 1170. The second-order valence-electron chi connectivity index (χ2n) is 14.0. The molecule has 0 radical (unpaired) electrons. The number of piperidine rings is 2. The van der Waals surface area contributed by atoms with Gasteiger partial charge >= 0.3 is 29.7 Å². The molecule has 0 unspecified atom stereocenters. The molecule has 2 heterocycles. The zero-order chi connectivity index (χ0) is 36.5. The Balaban J connectivity index is 0.000000412. The number of amides is 3. The summed E-state index contributed by atoms with van der Waals surface area (Å²) >= 11 is 4.86. The molecule has 3 rings (SSSR count). The van der Waals surface area contributed by atoms with Gasteiger partial charge in [-0.1, -0.05) is 44.2 Å². The first kappa shape index (κ1) is 42.3. The van der Waals surface area contributed by atoms with E-state index in [1.54, 1.807) is 25.7 Å².